The van der Waals surface area contributed by atoms with Gasteiger partial charge in [0.2, 0.25) is 5.91 Å². The molecule has 2 amide bonds. The summed E-state index contributed by atoms with van der Waals surface area (Å²) in [6.07, 6.45) is 3.73. The molecule has 0 radical (unpaired) electrons. The molecule has 1 saturated heterocycles. The van der Waals surface area contributed by atoms with Crippen molar-refractivity contribution in [2.45, 2.75) is 19.3 Å². The average molecular weight is 428 g/mol. The largest absolute Gasteiger partial charge is 0.353 e. The molecule has 32 heavy (non-hydrogen) atoms. The van der Waals surface area contributed by atoms with Crippen LogP contribution in [0.3, 0.4) is 0 Å². The summed E-state index contributed by atoms with van der Waals surface area (Å²) in [4.78, 5) is 37.8. The molecule has 5 rings (SSSR count). The van der Waals surface area contributed by atoms with E-state index >= 15 is 0 Å². The molecule has 7 nitrogen and oxygen atoms in total. The van der Waals surface area contributed by atoms with Crippen molar-refractivity contribution in [1.82, 2.24) is 14.9 Å². The predicted molar refractivity (Wildman–Crippen MR) is 124 cm³/mol. The lowest BCUT2D eigenvalue weighted by Gasteiger charge is -2.35. The van der Waals surface area contributed by atoms with Crippen LogP contribution >= 0.6 is 0 Å². The fourth-order valence-electron chi connectivity index (χ4n) is 4.32. The average Bonchev–Trinajstić information content (AvgIpc) is 3.04. The zero-order valence-electron chi connectivity index (χ0n) is 17.8. The van der Waals surface area contributed by atoms with Crippen LogP contribution < -0.4 is 10.2 Å². The number of nitrogens with one attached hydrogen (secondary N) is 1. The molecule has 2 aromatic carbocycles. The van der Waals surface area contributed by atoms with Crippen molar-refractivity contribution in [2.75, 3.05) is 36.4 Å². The van der Waals surface area contributed by atoms with Crippen LogP contribution in [0.4, 0.5) is 11.5 Å². The minimum absolute atomic E-state index is 0.0377. The molecule has 1 fully saturated rings. The van der Waals surface area contributed by atoms with Gasteiger partial charge in [-0.25, -0.2) is 9.97 Å². The highest BCUT2D eigenvalue weighted by Crippen LogP contribution is 2.25. The van der Waals surface area contributed by atoms with Gasteiger partial charge in [-0.2, -0.15) is 0 Å². The second-order valence-corrected chi connectivity index (χ2v) is 8.18. The quantitative estimate of drug-likeness (QED) is 0.693. The van der Waals surface area contributed by atoms with Crippen molar-refractivity contribution in [3.05, 3.63) is 72.1 Å². The number of aromatic nitrogens is 2. The van der Waals surface area contributed by atoms with Gasteiger partial charge in [-0.1, -0.05) is 30.3 Å². The minimum Gasteiger partial charge on any atom is -0.353 e. The molecule has 0 aliphatic carbocycles. The zero-order chi connectivity index (χ0) is 21.9. The number of amides is 2. The Balaban J connectivity index is 1.26. The molecule has 2 aliphatic rings. The number of fused-ring (bicyclic) bond motifs is 1. The number of piperazine rings is 1. The van der Waals surface area contributed by atoms with Gasteiger partial charge in [0, 0.05) is 55.5 Å². The third kappa shape index (κ3) is 4.19. The summed E-state index contributed by atoms with van der Waals surface area (Å²) in [5.41, 5.74) is 4.50. The van der Waals surface area contributed by atoms with Gasteiger partial charge < -0.3 is 15.1 Å². The van der Waals surface area contributed by atoms with Gasteiger partial charge in [-0.3, -0.25) is 9.59 Å². The number of carbonyl (C=O) groups is 2. The van der Waals surface area contributed by atoms with Crippen LogP contribution in [0.15, 0.2) is 60.9 Å². The first-order valence-corrected chi connectivity index (χ1v) is 11.0. The van der Waals surface area contributed by atoms with Crippen LogP contribution in [0, 0.1) is 0 Å². The lowest BCUT2D eigenvalue weighted by molar-refractivity contribution is -0.116. The molecule has 0 saturated carbocycles. The fourth-order valence-corrected chi connectivity index (χ4v) is 4.32. The predicted octanol–water partition coefficient (Wildman–Crippen LogP) is 3.38. The van der Waals surface area contributed by atoms with E-state index in [0.717, 1.165) is 54.3 Å². The maximum Gasteiger partial charge on any atom is 0.253 e. The molecule has 0 spiro atoms. The Morgan fingerprint density at radius 3 is 2.53 bits per heavy atom. The van der Waals surface area contributed by atoms with Gasteiger partial charge in [0.05, 0.1) is 5.69 Å². The van der Waals surface area contributed by atoms with Crippen molar-refractivity contribution in [3.63, 3.8) is 0 Å². The van der Waals surface area contributed by atoms with Crippen molar-refractivity contribution in [3.8, 4) is 11.3 Å². The molecule has 3 heterocycles. The highest BCUT2D eigenvalue weighted by atomic mass is 16.2. The third-order valence-electron chi connectivity index (χ3n) is 6.09. The molecular formula is C25H25N5O2. The Kier molecular flexibility index (Phi) is 5.54. The van der Waals surface area contributed by atoms with Crippen LogP contribution in [0.5, 0.6) is 0 Å². The van der Waals surface area contributed by atoms with Gasteiger partial charge >= 0.3 is 0 Å². The van der Waals surface area contributed by atoms with Gasteiger partial charge in [0.25, 0.3) is 5.91 Å². The number of carbonyl (C=O) groups excluding carboxylic acids is 2. The van der Waals surface area contributed by atoms with Crippen molar-refractivity contribution < 1.29 is 9.59 Å². The first kappa shape index (κ1) is 20.2. The van der Waals surface area contributed by atoms with Gasteiger partial charge in [-0.15, -0.1) is 0 Å². The fraction of sp³-hybridized carbons (Fsp3) is 0.280. The number of anilines is 2. The number of aryl methyl sites for hydroxylation is 1. The van der Waals surface area contributed by atoms with Crippen molar-refractivity contribution in [2.24, 2.45) is 0 Å². The Bertz CT molecular complexity index is 1140. The Labute approximate surface area is 187 Å². The van der Waals surface area contributed by atoms with Crippen LogP contribution in [-0.2, 0) is 11.2 Å². The molecule has 3 aromatic rings. The van der Waals surface area contributed by atoms with Crippen LogP contribution in [0.25, 0.3) is 11.3 Å². The minimum atomic E-state index is 0.0377. The number of nitrogens with zero attached hydrogens (tertiary/aromatic N) is 4. The highest BCUT2D eigenvalue weighted by molar-refractivity contribution is 5.97. The maximum atomic E-state index is 13.1. The molecule has 0 atom stereocenters. The monoisotopic (exact) mass is 427 g/mol. The standard InChI is InChI=1S/C25H25N5O2/c31-24-8-4-7-19-15-20(9-10-21(19)28-24)25(32)30-13-11-29(12-14-30)23-16-22(26-17-27-23)18-5-2-1-3-6-18/h1-3,5-6,9-10,15-17H,4,7-8,11-14H2,(H,28,31). The molecular weight excluding hydrogens is 402 g/mol. The lowest BCUT2D eigenvalue weighted by atomic mass is 10.0. The maximum absolute atomic E-state index is 13.1. The van der Waals surface area contributed by atoms with E-state index in [4.69, 9.17) is 0 Å². The number of hydrogen-bond donors (Lipinski definition) is 1. The molecule has 0 unspecified atom stereocenters. The molecule has 7 heteroatoms. The van der Waals surface area contributed by atoms with E-state index in [2.05, 4.69) is 20.2 Å². The highest BCUT2D eigenvalue weighted by Gasteiger charge is 2.24. The summed E-state index contributed by atoms with van der Waals surface area (Å²) in [5.74, 6) is 0.960. The zero-order valence-corrected chi connectivity index (χ0v) is 17.8. The molecule has 0 bridgehead atoms. The molecule has 2 aliphatic heterocycles. The third-order valence-corrected chi connectivity index (χ3v) is 6.09. The molecule has 162 valence electrons. The van der Waals surface area contributed by atoms with E-state index < -0.39 is 0 Å². The van der Waals surface area contributed by atoms with E-state index in [1.807, 2.05) is 59.5 Å². The summed E-state index contributed by atoms with van der Waals surface area (Å²) in [5, 5.41) is 2.93. The van der Waals surface area contributed by atoms with Crippen LogP contribution in [-0.4, -0.2) is 52.9 Å². The van der Waals surface area contributed by atoms with Crippen LogP contribution in [0.1, 0.15) is 28.8 Å². The first-order valence-electron chi connectivity index (χ1n) is 11.0. The van der Waals surface area contributed by atoms with Gasteiger partial charge in [0.1, 0.15) is 12.1 Å². The second kappa shape index (κ2) is 8.78. The summed E-state index contributed by atoms with van der Waals surface area (Å²) in [6.45, 7) is 2.71. The van der Waals surface area contributed by atoms with Gasteiger partial charge in [-0.05, 0) is 36.6 Å². The van der Waals surface area contributed by atoms with E-state index in [9.17, 15) is 9.59 Å². The van der Waals surface area contributed by atoms with Crippen molar-refractivity contribution in [1.29, 1.82) is 0 Å². The Morgan fingerprint density at radius 1 is 0.906 bits per heavy atom. The Morgan fingerprint density at radius 2 is 1.72 bits per heavy atom. The summed E-state index contributed by atoms with van der Waals surface area (Å²) in [6, 6.07) is 17.7. The van der Waals surface area contributed by atoms with Gasteiger partial charge in [0.15, 0.2) is 0 Å². The lowest BCUT2D eigenvalue weighted by Crippen LogP contribution is -2.49. The Hall–Kier alpha value is -3.74. The normalized spacial score (nSPS) is 16.2. The SMILES string of the molecule is O=C1CCCc2cc(C(=O)N3CCN(c4cc(-c5ccccc5)ncn4)CC3)ccc2N1. The number of rotatable bonds is 3. The smallest absolute Gasteiger partial charge is 0.253 e. The summed E-state index contributed by atoms with van der Waals surface area (Å²) in [7, 11) is 0. The van der Waals surface area contributed by atoms with E-state index in [1.165, 1.54) is 0 Å². The van der Waals surface area contributed by atoms with E-state index in [1.54, 1.807) is 6.33 Å². The second-order valence-electron chi connectivity index (χ2n) is 8.18. The van der Waals surface area contributed by atoms with E-state index in [0.29, 0.717) is 25.1 Å². The number of benzene rings is 2. The van der Waals surface area contributed by atoms with E-state index in [-0.39, 0.29) is 11.8 Å². The summed E-state index contributed by atoms with van der Waals surface area (Å²) < 4.78 is 0. The molecule has 1 aromatic heterocycles. The van der Waals surface area contributed by atoms with Crippen LogP contribution in [0.2, 0.25) is 0 Å². The summed E-state index contributed by atoms with van der Waals surface area (Å²) >= 11 is 0. The first-order chi connectivity index (χ1) is 15.7. The number of hydrogen-bond acceptors (Lipinski definition) is 5. The topological polar surface area (TPSA) is 78.4 Å². The van der Waals surface area contributed by atoms with Crippen molar-refractivity contribution >= 4 is 23.3 Å². The molecule has 1 N–H and O–H groups in total.